The number of sulfonamides is 1. The van der Waals surface area contributed by atoms with Crippen LogP contribution in [-0.4, -0.2) is 18.2 Å². The van der Waals surface area contributed by atoms with Gasteiger partial charge in [-0.1, -0.05) is 29.8 Å². The molecular weight excluding hydrogens is 300 g/mol. The van der Waals surface area contributed by atoms with Gasteiger partial charge in [-0.25, -0.2) is 13.1 Å². The molecule has 3 N–H and O–H groups in total. The van der Waals surface area contributed by atoms with E-state index in [1.807, 2.05) is 6.92 Å². The number of nitrogens with one attached hydrogen (secondary N) is 1. The third kappa shape index (κ3) is 3.12. The molecule has 0 radical (unpaired) electrons. The van der Waals surface area contributed by atoms with Gasteiger partial charge in [0.25, 0.3) is 0 Å². The van der Waals surface area contributed by atoms with Crippen molar-refractivity contribution in [2.24, 2.45) is 0 Å². The van der Waals surface area contributed by atoms with E-state index in [1.54, 1.807) is 24.3 Å². The lowest BCUT2D eigenvalue weighted by Crippen LogP contribution is -2.23. The molecule has 0 spiro atoms. The summed E-state index contributed by atoms with van der Waals surface area (Å²) in [6.07, 6.45) is 1.41. The molecule has 0 fully saturated rings. The molecule has 2 aromatic rings. The Morgan fingerprint density at radius 2 is 2.10 bits per heavy atom. The van der Waals surface area contributed by atoms with E-state index in [-0.39, 0.29) is 17.3 Å². The minimum atomic E-state index is -3.71. The Bertz CT molecular complexity index is 712. The molecule has 0 aliphatic rings. The van der Waals surface area contributed by atoms with Crippen LogP contribution in [0.3, 0.4) is 0 Å². The zero-order chi connectivity index (χ0) is 14.8. The highest BCUT2D eigenvalue weighted by molar-refractivity contribution is 7.89. The first kappa shape index (κ1) is 14.8. The molecule has 0 saturated carbocycles. The van der Waals surface area contributed by atoms with Gasteiger partial charge in [-0.05, 0) is 18.6 Å². The lowest BCUT2D eigenvalue weighted by atomic mass is 10.2. The average Bonchev–Trinajstić information content (AvgIpc) is 2.80. The first-order chi connectivity index (χ1) is 9.44. The van der Waals surface area contributed by atoms with Gasteiger partial charge < -0.3 is 5.73 Å². The molecular formula is C12H15ClN4O2S. The van der Waals surface area contributed by atoms with E-state index in [2.05, 4.69) is 9.82 Å². The fraction of sp³-hybridized carbons (Fsp3) is 0.250. The van der Waals surface area contributed by atoms with Crippen molar-refractivity contribution in [2.75, 3.05) is 5.73 Å². The van der Waals surface area contributed by atoms with Gasteiger partial charge in [0.2, 0.25) is 10.0 Å². The van der Waals surface area contributed by atoms with Crippen molar-refractivity contribution >= 4 is 27.4 Å². The Morgan fingerprint density at radius 3 is 2.70 bits per heavy atom. The van der Waals surface area contributed by atoms with Crippen molar-refractivity contribution < 1.29 is 8.42 Å². The summed E-state index contributed by atoms with van der Waals surface area (Å²) in [5.41, 5.74) is 6.32. The molecule has 0 amide bonds. The molecule has 0 aliphatic heterocycles. The van der Waals surface area contributed by atoms with Crippen LogP contribution in [0.5, 0.6) is 0 Å². The molecule has 2 rings (SSSR count). The van der Waals surface area contributed by atoms with E-state index in [9.17, 15) is 8.42 Å². The van der Waals surface area contributed by atoms with E-state index in [1.165, 1.54) is 10.9 Å². The number of hydrogen-bond donors (Lipinski definition) is 2. The van der Waals surface area contributed by atoms with Gasteiger partial charge in [-0.2, -0.15) is 5.10 Å². The number of halogens is 1. The first-order valence-corrected chi connectivity index (χ1v) is 7.86. The van der Waals surface area contributed by atoms with E-state index in [4.69, 9.17) is 17.3 Å². The third-order valence-corrected chi connectivity index (χ3v) is 4.57. The number of aryl methyl sites for hydroxylation is 1. The number of benzene rings is 1. The van der Waals surface area contributed by atoms with Gasteiger partial charge in [0.15, 0.2) is 5.82 Å². The second kappa shape index (κ2) is 5.82. The molecule has 20 heavy (non-hydrogen) atoms. The van der Waals surface area contributed by atoms with Crippen molar-refractivity contribution in [2.45, 2.75) is 24.9 Å². The molecule has 0 saturated heterocycles. The maximum Gasteiger partial charge on any atom is 0.246 e. The van der Waals surface area contributed by atoms with Gasteiger partial charge in [0.05, 0.1) is 0 Å². The van der Waals surface area contributed by atoms with Gasteiger partial charge >= 0.3 is 0 Å². The largest absolute Gasteiger partial charge is 0.381 e. The molecule has 108 valence electrons. The Labute approximate surface area is 122 Å². The van der Waals surface area contributed by atoms with Gasteiger partial charge in [0, 0.05) is 24.3 Å². The summed E-state index contributed by atoms with van der Waals surface area (Å²) in [6, 6.07) is 7.03. The summed E-state index contributed by atoms with van der Waals surface area (Å²) < 4.78 is 28.3. The van der Waals surface area contributed by atoms with Crippen molar-refractivity contribution in [1.29, 1.82) is 0 Å². The number of rotatable bonds is 5. The summed E-state index contributed by atoms with van der Waals surface area (Å²) in [5, 5.41) is 4.42. The van der Waals surface area contributed by atoms with Crippen molar-refractivity contribution in [3.63, 3.8) is 0 Å². The SMILES string of the molecule is CCn1cc(S(=O)(=O)NCc2ccccc2Cl)c(N)n1. The lowest BCUT2D eigenvalue weighted by molar-refractivity contribution is 0.581. The molecule has 1 aromatic carbocycles. The standard InChI is InChI=1S/C12H15ClN4O2S/c1-2-17-8-11(12(14)16-17)20(18,19)15-7-9-5-3-4-6-10(9)13/h3-6,8,15H,2,7H2,1H3,(H2,14,16). The highest BCUT2D eigenvalue weighted by atomic mass is 35.5. The van der Waals surface area contributed by atoms with Crippen molar-refractivity contribution in [1.82, 2.24) is 14.5 Å². The van der Waals surface area contributed by atoms with Crippen LogP contribution >= 0.6 is 11.6 Å². The summed E-state index contributed by atoms with van der Waals surface area (Å²) in [7, 11) is -3.71. The highest BCUT2D eigenvalue weighted by Gasteiger charge is 2.20. The topological polar surface area (TPSA) is 90.0 Å². The van der Waals surface area contributed by atoms with Crippen LogP contribution < -0.4 is 10.5 Å². The molecule has 0 bridgehead atoms. The predicted molar refractivity (Wildman–Crippen MR) is 77.8 cm³/mol. The number of nitrogens with zero attached hydrogens (tertiary/aromatic N) is 2. The van der Waals surface area contributed by atoms with Crippen LogP contribution in [0.2, 0.25) is 5.02 Å². The summed E-state index contributed by atoms with van der Waals surface area (Å²) in [6.45, 7) is 2.49. The molecule has 8 heteroatoms. The first-order valence-electron chi connectivity index (χ1n) is 6.00. The maximum absolute atomic E-state index is 12.2. The number of aromatic nitrogens is 2. The minimum absolute atomic E-state index is 0.0153. The van der Waals surface area contributed by atoms with Crippen LogP contribution in [-0.2, 0) is 23.1 Å². The average molecular weight is 315 g/mol. The van der Waals surface area contributed by atoms with Crippen LogP contribution in [0.25, 0.3) is 0 Å². The minimum Gasteiger partial charge on any atom is -0.381 e. The lowest BCUT2D eigenvalue weighted by Gasteiger charge is -2.06. The van der Waals surface area contributed by atoms with E-state index in [0.29, 0.717) is 17.1 Å². The zero-order valence-electron chi connectivity index (χ0n) is 10.9. The second-order valence-corrected chi connectivity index (χ2v) is 6.29. The number of nitrogens with two attached hydrogens (primary N) is 1. The van der Waals surface area contributed by atoms with Crippen LogP contribution in [0.4, 0.5) is 5.82 Å². The molecule has 0 aliphatic carbocycles. The quantitative estimate of drug-likeness (QED) is 0.877. The second-order valence-electron chi connectivity index (χ2n) is 4.15. The third-order valence-electron chi connectivity index (χ3n) is 2.78. The van der Waals surface area contributed by atoms with Gasteiger partial charge in [-0.15, -0.1) is 0 Å². The van der Waals surface area contributed by atoms with E-state index in [0.717, 1.165) is 0 Å². The fourth-order valence-corrected chi connectivity index (χ4v) is 2.96. The van der Waals surface area contributed by atoms with Crippen LogP contribution in [0, 0.1) is 0 Å². The summed E-state index contributed by atoms with van der Waals surface area (Å²) in [4.78, 5) is -0.0218. The van der Waals surface area contributed by atoms with Crippen LogP contribution in [0.1, 0.15) is 12.5 Å². The number of nitrogen functional groups attached to an aromatic ring is 1. The normalized spacial score (nSPS) is 11.7. The summed E-state index contributed by atoms with van der Waals surface area (Å²) in [5.74, 6) is -0.0153. The van der Waals surface area contributed by atoms with E-state index < -0.39 is 10.0 Å². The van der Waals surface area contributed by atoms with Gasteiger partial charge in [0.1, 0.15) is 4.90 Å². The van der Waals surface area contributed by atoms with Gasteiger partial charge in [-0.3, -0.25) is 4.68 Å². The highest BCUT2D eigenvalue weighted by Crippen LogP contribution is 2.18. The molecule has 1 aromatic heterocycles. The smallest absolute Gasteiger partial charge is 0.246 e. The molecule has 0 atom stereocenters. The zero-order valence-corrected chi connectivity index (χ0v) is 12.4. The van der Waals surface area contributed by atoms with E-state index >= 15 is 0 Å². The Balaban J connectivity index is 2.19. The predicted octanol–water partition coefficient (Wildman–Crippen LogP) is 1.62. The Kier molecular flexibility index (Phi) is 4.32. The van der Waals surface area contributed by atoms with Crippen molar-refractivity contribution in [3.8, 4) is 0 Å². The fourth-order valence-electron chi connectivity index (χ4n) is 1.68. The molecule has 0 unspecified atom stereocenters. The monoisotopic (exact) mass is 314 g/mol. The number of hydrogen-bond acceptors (Lipinski definition) is 4. The molecule has 1 heterocycles. The molecule has 6 nitrogen and oxygen atoms in total. The summed E-state index contributed by atoms with van der Waals surface area (Å²) >= 11 is 5.98. The number of anilines is 1. The van der Waals surface area contributed by atoms with Crippen LogP contribution in [0.15, 0.2) is 35.4 Å². The van der Waals surface area contributed by atoms with Crippen molar-refractivity contribution in [3.05, 3.63) is 41.0 Å². The Hall–Kier alpha value is -1.57. The maximum atomic E-state index is 12.2. The Morgan fingerprint density at radius 1 is 1.40 bits per heavy atom.